The summed E-state index contributed by atoms with van der Waals surface area (Å²) < 4.78 is 38.6. The number of fused-ring (bicyclic) bond motifs is 3. The molecule has 0 saturated heterocycles. The first-order valence-corrected chi connectivity index (χ1v) is 12.8. The maximum Gasteiger partial charge on any atom is 0.341 e. The number of carbonyl (C=O) groups is 2. The summed E-state index contributed by atoms with van der Waals surface area (Å²) in [4.78, 5) is 26.4. The maximum absolute atomic E-state index is 13.5. The van der Waals surface area contributed by atoms with Crippen LogP contribution in [0, 0.1) is 29.6 Å². The fraction of sp³-hybridized carbons (Fsp3) is 0.778. The van der Waals surface area contributed by atoms with Gasteiger partial charge in [-0.25, -0.2) is 4.79 Å². The zero-order valence-electron chi connectivity index (χ0n) is 22.2. The second-order valence-corrected chi connectivity index (χ2v) is 9.91. The molecular weight excluding hydrogens is 468 g/mol. The van der Waals surface area contributed by atoms with E-state index in [9.17, 15) is 9.59 Å². The zero-order chi connectivity index (χ0) is 26.1. The van der Waals surface area contributed by atoms with Crippen molar-refractivity contribution in [2.24, 2.45) is 29.6 Å². The number of hydrogen-bond acceptors (Lipinski definition) is 9. The van der Waals surface area contributed by atoms with Gasteiger partial charge >= 0.3 is 5.97 Å². The summed E-state index contributed by atoms with van der Waals surface area (Å²) in [6.45, 7) is 4.55. The highest BCUT2D eigenvalue weighted by molar-refractivity contribution is 6.17. The molecule has 0 bridgehead atoms. The van der Waals surface area contributed by atoms with E-state index in [0.29, 0.717) is 18.8 Å². The van der Waals surface area contributed by atoms with Gasteiger partial charge in [-0.2, -0.15) is 0 Å². The summed E-state index contributed by atoms with van der Waals surface area (Å²) in [5, 5.41) is 0. The first-order chi connectivity index (χ1) is 17.4. The smallest absolute Gasteiger partial charge is 0.341 e. The number of methoxy groups -OCH3 is 3. The van der Waals surface area contributed by atoms with Crippen LogP contribution >= 0.6 is 0 Å². The molecule has 0 aliphatic heterocycles. The van der Waals surface area contributed by atoms with E-state index in [-0.39, 0.29) is 80.6 Å². The fourth-order valence-electron chi connectivity index (χ4n) is 5.99. The molecule has 0 aromatic heterocycles. The molecule has 0 unspecified atom stereocenters. The zero-order valence-corrected chi connectivity index (χ0v) is 22.2. The second kappa shape index (κ2) is 14.4. The van der Waals surface area contributed by atoms with E-state index < -0.39 is 12.1 Å². The lowest BCUT2D eigenvalue weighted by molar-refractivity contribution is -0.142. The maximum atomic E-state index is 13.5. The minimum atomic E-state index is -0.580. The van der Waals surface area contributed by atoms with Crippen LogP contribution in [0.15, 0.2) is 23.8 Å². The van der Waals surface area contributed by atoms with Crippen LogP contribution in [-0.2, 0) is 42.7 Å². The molecule has 1 saturated carbocycles. The third-order valence-corrected chi connectivity index (χ3v) is 7.50. The monoisotopic (exact) mass is 510 g/mol. The van der Waals surface area contributed by atoms with E-state index in [0.717, 1.165) is 6.42 Å². The predicted octanol–water partition coefficient (Wildman–Crippen LogP) is 3.27. The Morgan fingerprint density at radius 2 is 1.56 bits per heavy atom. The Hall–Kier alpha value is -1.62. The minimum Gasteiger partial charge on any atom is -0.462 e. The molecule has 1 fully saturated rings. The summed E-state index contributed by atoms with van der Waals surface area (Å²) in [5.74, 6) is -0.125. The number of rotatable bonds is 11. The van der Waals surface area contributed by atoms with Gasteiger partial charge in [0.15, 0.2) is 5.78 Å². The van der Waals surface area contributed by atoms with Crippen molar-refractivity contribution in [2.45, 2.75) is 57.8 Å². The third kappa shape index (κ3) is 7.24. The van der Waals surface area contributed by atoms with Crippen LogP contribution in [0.4, 0.5) is 0 Å². The lowest BCUT2D eigenvalue weighted by atomic mass is 9.68. The molecule has 3 aliphatic rings. The average molecular weight is 511 g/mol. The van der Waals surface area contributed by atoms with Gasteiger partial charge < -0.3 is 33.2 Å². The first-order valence-electron chi connectivity index (χ1n) is 12.8. The minimum absolute atomic E-state index is 0.0186. The third-order valence-electron chi connectivity index (χ3n) is 7.50. The molecule has 0 spiro atoms. The second-order valence-electron chi connectivity index (χ2n) is 9.91. The number of hydrogen-bond donors (Lipinski definition) is 0. The van der Waals surface area contributed by atoms with Gasteiger partial charge in [0.05, 0.1) is 30.5 Å². The van der Waals surface area contributed by atoms with Crippen molar-refractivity contribution in [3.63, 3.8) is 0 Å². The van der Waals surface area contributed by atoms with Crippen molar-refractivity contribution in [2.75, 3.05) is 48.3 Å². The molecule has 0 amide bonds. The van der Waals surface area contributed by atoms with Crippen molar-refractivity contribution in [3.05, 3.63) is 23.8 Å². The Morgan fingerprint density at radius 1 is 0.889 bits per heavy atom. The normalized spacial score (nSPS) is 36.0. The molecule has 36 heavy (non-hydrogen) atoms. The van der Waals surface area contributed by atoms with Gasteiger partial charge in [0, 0.05) is 40.1 Å². The van der Waals surface area contributed by atoms with E-state index in [1.165, 1.54) is 7.11 Å². The average Bonchev–Trinajstić information content (AvgIpc) is 3.18. The highest BCUT2D eigenvalue weighted by atomic mass is 16.7. The topological polar surface area (TPSA) is 98.8 Å². The standard InChI is InChI=1S/C27H42O9/c1-6-33-27(29)24-13-22-18(7-8-21-23(22)9-17(2)26(21)36-16-32-5)10-19(34-14-30-3)11-20(12-25(24)28)35-15-31-4/h7-8,13,17-23,26H,6,9-12,14-16H2,1-5H3/b24-13+/t17-,18+,19+,20+,21-,22-,23-,26-/m0/s1. The molecule has 8 atom stereocenters. The van der Waals surface area contributed by atoms with Crippen LogP contribution in [0.3, 0.4) is 0 Å². The number of carbonyl (C=O) groups excluding carboxylic acids is 2. The molecule has 204 valence electrons. The highest BCUT2D eigenvalue weighted by Crippen LogP contribution is 2.50. The Morgan fingerprint density at radius 3 is 2.22 bits per heavy atom. The quantitative estimate of drug-likeness (QED) is 0.179. The van der Waals surface area contributed by atoms with Gasteiger partial charge in [0.2, 0.25) is 0 Å². The fourth-order valence-corrected chi connectivity index (χ4v) is 5.99. The van der Waals surface area contributed by atoms with Crippen LogP contribution in [0.1, 0.15) is 39.5 Å². The predicted molar refractivity (Wildman–Crippen MR) is 131 cm³/mol. The van der Waals surface area contributed by atoms with Gasteiger partial charge in [0.1, 0.15) is 20.4 Å². The van der Waals surface area contributed by atoms with Crippen molar-refractivity contribution in [1.82, 2.24) is 0 Å². The molecule has 0 aromatic rings. The van der Waals surface area contributed by atoms with Crippen LogP contribution in [0.2, 0.25) is 0 Å². The molecule has 3 aliphatic carbocycles. The Balaban J connectivity index is 1.99. The largest absolute Gasteiger partial charge is 0.462 e. The van der Waals surface area contributed by atoms with Gasteiger partial charge in [-0.3, -0.25) is 4.79 Å². The highest BCUT2D eigenvalue weighted by Gasteiger charge is 2.48. The van der Waals surface area contributed by atoms with E-state index in [2.05, 4.69) is 19.1 Å². The van der Waals surface area contributed by atoms with Crippen LogP contribution in [-0.4, -0.2) is 78.4 Å². The molecule has 0 heterocycles. The Labute approximate surface area is 214 Å². The van der Waals surface area contributed by atoms with E-state index in [1.54, 1.807) is 21.1 Å². The van der Waals surface area contributed by atoms with E-state index in [4.69, 9.17) is 33.2 Å². The molecule has 9 nitrogen and oxygen atoms in total. The number of ether oxygens (including phenoxy) is 7. The van der Waals surface area contributed by atoms with Crippen molar-refractivity contribution < 1.29 is 42.7 Å². The SMILES string of the molecule is CCOC(=O)/C1=C/[C@@H]2[C@H]3C[C@H](C)[C@H](OCOC)[C@H]3C=C[C@@H]2C[C@@H](OCOC)C[C@@H](OCOC)CC1=O. The summed E-state index contributed by atoms with van der Waals surface area (Å²) in [6, 6.07) is 0. The van der Waals surface area contributed by atoms with E-state index in [1.807, 2.05) is 6.08 Å². The molecule has 3 rings (SSSR count). The first kappa shape index (κ1) is 28.9. The molecule has 0 N–H and O–H groups in total. The van der Waals surface area contributed by atoms with Crippen molar-refractivity contribution in [3.8, 4) is 0 Å². The molecule has 9 heteroatoms. The van der Waals surface area contributed by atoms with Crippen molar-refractivity contribution in [1.29, 1.82) is 0 Å². The van der Waals surface area contributed by atoms with Gasteiger partial charge in [-0.1, -0.05) is 25.2 Å². The summed E-state index contributed by atoms with van der Waals surface area (Å²) in [7, 11) is 4.74. The van der Waals surface area contributed by atoms with Crippen LogP contribution in [0.5, 0.6) is 0 Å². The summed E-state index contributed by atoms with van der Waals surface area (Å²) in [5.41, 5.74) is 0.108. The Bertz CT molecular complexity index is 779. The number of ketones is 1. The molecule has 0 aromatic carbocycles. The lowest BCUT2D eigenvalue weighted by Crippen LogP contribution is -2.37. The lowest BCUT2D eigenvalue weighted by Gasteiger charge is -2.38. The molecular formula is C27H42O9. The van der Waals surface area contributed by atoms with Gasteiger partial charge in [-0.15, -0.1) is 0 Å². The van der Waals surface area contributed by atoms with Crippen molar-refractivity contribution >= 4 is 11.8 Å². The summed E-state index contributed by atoms with van der Waals surface area (Å²) >= 11 is 0. The van der Waals surface area contributed by atoms with E-state index >= 15 is 0 Å². The van der Waals surface area contributed by atoms with Crippen LogP contribution in [0.25, 0.3) is 0 Å². The Kier molecular flexibility index (Phi) is 11.5. The number of esters is 1. The number of Topliss-reactive ketones (excluding diaryl/α,β-unsaturated/α-hetero) is 1. The van der Waals surface area contributed by atoms with Gasteiger partial charge in [0.25, 0.3) is 0 Å². The molecule has 0 radical (unpaired) electrons. The number of allylic oxidation sites excluding steroid dienone is 2. The summed E-state index contributed by atoms with van der Waals surface area (Å²) in [6.07, 6.45) is 7.83. The van der Waals surface area contributed by atoms with Gasteiger partial charge in [-0.05, 0) is 43.4 Å². The van der Waals surface area contributed by atoms with Crippen LogP contribution < -0.4 is 0 Å².